The smallest absolute Gasteiger partial charge is 0.124 e. The van der Waals surface area contributed by atoms with Crippen LogP contribution in [0.1, 0.15) is 13.8 Å². The van der Waals surface area contributed by atoms with Crippen LogP contribution >= 0.6 is 11.8 Å². The SMILES string of the molecule is CC(C)CN=C(N)C1CSCCO1. The van der Waals surface area contributed by atoms with Gasteiger partial charge in [0.2, 0.25) is 0 Å². The summed E-state index contributed by atoms with van der Waals surface area (Å²) in [6, 6.07) is 0. The Kier molecular flexibility index (Phi) is 4.59. The molecule has 0 aliphatic carbocycles. The maximum absolute atomic E-state index is 5.81. The van der Waals surface area contributed by atoms with Gasteiger partial charge in [-0.15, -0.1) is 0 Å². The molecule has 1 unspecified atom stereocenters. The second-order valence-electron chi connectivity index (χ2n) is 3.59. The summed E-state index contributed by atoms with van der Waals surface area (Å²) in [4.78, 5) is 4.30. The Bertz CT molecular complexity index is 176. The van der Waals surface area contributed by atoms with Gasteiger partial charge >= 0.3 is 0 Å². The van der Waals surface area contributed by atoms with Gasteiger partial charge in [-0.3, -0.25) is 4.99 Å². The quantitative estimate of drug-likeness (QED) is 0.551. The van der Waals surface area contributed by atoms with Crippen LogP contribution < -0.4 is 5.73 Å². The first-order valence-electron chi connectivity index (χ1n) is 4.69. The molecule has 1 rings (SSSR count). The van der Waals surface area contributed by atoms with Gasteiger partial charge in [-0.05, 0) is 5.92 Å². The molecule has 0 amide bonds. The highest BCUT2D eigenvalue weighted by Gasteiger charge is 2.17. The van der Waals surface area contributed by atoms with Crippen LogP contribution in [-0.2, 0) is 4.74 Å². The zero-order chi connectivity index (χ0) is 9.68. The zero-order valence-corrected chi connectivity index (χ0v) is 9.14. The van der Waals surface area contributed by atoms with Crippen molar-refractivity contribution in [1.29, 1.82) is 0 Å². The second-order valence-corrected chi connectivity index (χ2v) is 4.74. The maximum Gasteiger partial charge on any atom is 0.124 e. The second kappa shape index (κ2) is 5.50. The lowest BCUT2D eigenvalue weighted by Gasteiger charge is -2.21. The summed E-state index contributed by atoms with van der Waals surface area (Å²) in [6.07, 6.45) is 0.0532. The molecule has 2 N–H and O–H groups in total. The fraction of sp³-hybridized carbons (Fsp3) is 0.889. The minimum Gasteiger partial charge on any atom is -0.385 e. The predicted molar refractivity (Wildman–Crippen MR) is 58.4 cm³/mol. The van der Waals surface area contributed by atoms with Crippen molar-refractivity contribution in [3.8, 4) is 0 Å². The Morgan fingerprint density at radius 3 is 3.00 bits per heavy atom. The molecule has 1 heterocycles. The highest BCUT2D eigenvalue weighted by atomic mass is 32.2. The normalized spacial score (nSPS) is 25.2. The lowest BCUT2D eigenvalue weighted by molar-refractivity contribution is 0.120. The van der Waals surface area contributed by atoms with Crippen molar-refractivity contribution in [3.63, 3.8) is 0 Å². The van der Waals surface area contributed by atoms with Gasteiger partial charge in [0.05, 0.1) is 6.61 Å². The number of aliphatic imine (C=N–C) groups is 1. The van der Waals surface area contributed by atoms with E-state index in [1.54, 1.807) is 0 Å². The fourth-order valence-electron chi connectivity index (χ4n) is 1.05. The van der Waals surface area contributed by atoms with E-state index >= 15 is 0 Å². The average Bonchev–Trinajstić information content (AvgIpc) is 2.15. The van der Waals surface area contributed by atoms with E-state index in [-0.39, 0.29) is 6.10 Å². The topological polar surface area (TPSA) is 47.6 Å². The van der Waals surface area contributed by atoms with E-state index in [4.69, 9.17) is 10.5 Å². The monoisotopic (exact) mass is 202 g/mol. The van der Waals surface area contributed by atoms with Crippen molar-refractivity contribution in [2.24, 2.45) is 16.6 Å². The number of rotatable bonds is 3. The molecular weight excluding hydrogens is 184 g/mol. The van der Waals surface area contributed by atoms with E-state index in [9.17, 15) is 0 Å². The Morgan fingerprint density at radius 1 is 1.69 bits per heavy atom. The molecule has 0 bridgehead atoms. The van der Waals surface area contributed by atoms with Gasteiger partial charge < -0.3 is 10.5 Å². The summed E-state index contributed by atoms with van der Waals surface area (Å²) >= 11 is 1.88. The molecule has 1 aliphatic rings. The summed E-state index contributed by atoms with van der Waals surface area (Å²) in [6.45, 7) is 5.87. The molecule has 0 spiro atoms. The van der Waals surface area contributed by atoms with Crippen LogP contribution in [0.2, 0.25) is 0 Å². The predicted octanol–water partition coefficient (Wildman–Crippen LogP) is 1.13. The number of thioether (sulfide) groups is 1. The summed E-state index contributed by atoms with van der Waals surface area (Å²) in [5.74, 6) is 3.26. The molecule has 0 aromatic heterocycles. The van der Waals surface area contributed by atoms with E-state index in [2.05, 4.69) is 18.8 Å². The van der Waals surface area contributed by atoms with Crippen molar-refractivity contribution in [1.82, 2.24) is 0 Å². The Labute approximate surface area is 84.1 Å². The first-order chi connectivity index (χ1) is 6.20. The standard InChI is InChI=1S/C9H18N2OS/c1-7(2)5-11-9(10)8-6-13-4-3-12-8/h7-8H,3-6H2,1-2H3,(H2,10,11). The van der Waals surface area contributed by atoms with E-state index in [1.165, 1.54) is 0 Å². The van der Waals surface area contributed by atoms with Gasteiger partial charge in [-0.2, -0.15) is 11.8 Å². The highest BCUT2D eigenvalue weighted by molar-refractivity contribution is 7.99. The van der Waals surface area contributed by atoms with Gasteiger partial charge in [0.1, 0.15) is 11.9 Å². The first-order valence-corrected chi connectivity index (χ1v) is 5.84. The molecule has 0 saturated carbocycles. The Morgan fingerprint density at radius 2 is 2.46 bits per heavy atom. The number of ether oxygens (including phenoxy) is 1. The van der Waals surface area contributed by atoms with Crippen LogP contribution in [0.25, 0.3) is 0 Å². The third-order valence-electron chi connectivity index (χ3n) is 1.78. The first kappa shape index (κ1) is 10.9. The van der Waals surface area contributed by atoms with Gasteiger partial charge in [0.25, 0.3) is 0 Å². The third kappa shape index (κ3) is 4.00. The largest absolute Gasteiger partial charge is 0.385 e. The number of hydrogen-bond donors (Lipinski definition) is 1. The van der Waals surface area contributed by atoms with Gasteiger partial charge in [-0.25, -0.2) is 0 Å². The molecule has 0 aromatic carbocycles. The van der Waals surface area contributed by atoms with Crippen molar-refractivity contribution in [2.45, 2.75) is 20.0 Å². The van der Waals surface area contributed by atoms with Crippen LogP contribution in [0.3, 0.4) is 0 Å². The van der Waals surface area contributed by atoms with Gasteiger partial charge in [-0.1, -0.05) is 13.8 Å². The van der Waals surface area contributed by atoms with Crippen molar-refractivity contribution >= 4 is 17.6 Å². The van der Waals surface area contributed by atoms with E-state index in [0.717, 1.165) is 24.7 Å². The Hall–Kier alpha value is -0.220. The van der Waals surface area contributed by atoms with Crippen molar-refractivity contribution < 1.29 is 4.74 Å². The van der Waals surface area contributed by atoms with Crippen molar-refractivity contribution in [2.75, 3.05) is 24.7 Å². The Balaban J connectivity index is 2.35. The van der Waals surface area contributed by atoms with Crippen LogP contribution in [0.4, 0.5) is 0 Å². The molecule has 3 nitrogen and oxygen atoms in total. The summed E-state index contributed by atoms with van der Waals surface area (Å²) < 4.78 is 5.50. The zero-order valence-electron chi connectivity index (χ0n) is 8.32. The minimum atomic E-state index is 0.0532. The highest BCUT2D eigenvalue weighted by Crippen LogP contribution is 2.12. The molecule has 1 fully saturated rings. The van der Waals surface area contributed by atoms with Crippen LogP contribution in [0, 0.1) is 5.92 Å². The van der Waals surface area contributed by atoms with Crippen LogP contribution in [-0.4, -0.2) is 36.6 Å². The van der Waals surface area contributed by atoms with E-state index in [0.29, 0.717) is 11.8 Å². The van der Waals surface area contributed by atoms with Crippen LogP contribution in [0.5, 0.6) is 0 Å². The average molecular weight is 202 g/mol. The minimum absolute atomic E-state index is 0.0532. The molecule has 0 radical (unpaired) electrons. The molecule has 0 aromatic rings. The van der Waals surface area contributed by atoms with E-state index in [1.807, 2.05) is 11.8 Å². The van der Waals surface area contributed by atoms with Crippen molar-refractivity contribution in [3.05, 3.63) is 0 Å². The lowest BCUT2D eigenvalue weighted by atomic mass is 10.2. The summed E-state index contributed by atoms with van der Waals surface area (Å²) in [5, 5.41) is 0. The number of nitrogens with zero attached hydrogens (tertiary/aromatic N) is 1. The maximum atomic E-state index is 5.81. The molecular formula is C9H18N2OS. The molecule has 13 heavy (non-hydrogen) atoms. The van der Waals surface area contributed by atoms with E-state index < -0.39 is 0 Å². The fourth-order valence-corrected chi connectivity index (χ4v) is 1.91. The molecule has 1 atom stereocenters. The third-order valence-corrected chi connectivity index (χ3v) is 2.78. The van der Waals surface area contributed by atoms with Gasteiger partial charge in [0.15, 0.2) is 0 Å². The summed E-state index contributed by atoms with van der Waals surface area (Å²) in [7, 11) is 0. The number of hydrogen-bond acceptors (Lipinski definition) is 3. The van der Waals surface area contributed by atoms with Gasteiger partial charge in [0, 0.05) is 18.1 Å². The molecule has 1 saturated heterocycles. The number of amidine groups is 1. The number of nitrogens with two attached hydrogens (primary N) is 1. The lowest BCUT2D eigenvalue weighted by Crippen LogP contribution is -2.37. The van der Waals surface area contributed by atoms with Crippen LogP contribution in [0.15, 0.2) is 4.99 Å². The molecule has 76 valence electrons. The summed E-state index contributed by atoms with van der Waals surface area (Å²) in [5.41, 5.74) is 5.81. The molecule has 1 aliphatic heterocycles. The molecule has 4 heteroatoms.